The van der Waals surface area contributed by atoms with Crippen LogP contribution in [-0.4, -0.2) is 27.1 Å². The molecule has 0 spiro atoms. The van der Waals surface area contributed by atoms with E-state index in [0.717, 1.165) is 29.0 Å². The number of allylic oxidation sites excluding steroid dienone is 4. The predicted molar refractivity (Wildman–Crippen MR) is 107 cm³/mol. The molecular weight excluding hydrogens is 336 g/mol. The maximum Gasteiger partial charge on any atom is 0.148 e. The molecule has 3 heterocycles. The average molecular weight is 358 g/mol. The van der Waals surface area contributed by atoms with Crippen LogP contribution in [0, 0.1) is 10.8 Å². The Kier molecular flexibility index (Phi) is 5.56. The molecule has 0 fully saturated rings. The second kappa shape index (κ2) is 8.23. The molecule has 0 saturated heterocycles. The van der Waals surface area contributed by atoms with Gasteiger partial charge in [0.15, 0.2) is 0 Å². The molecule has 1 aliphatic heterocycles. The summed E-state index contributed by atoms with van der Waals surface area (Å²) in [4.78, 5) is 4.10. The third-order valence-electron chi connectivity index (χ3n) is 4.10. The van der Waals surface area contributed by atoms with Gasteiger partial charge in [0.1, 0.15) is 11.3 Å². The Labute approximate surface area is 158 Å². The minimum absolute atomic E-state index is 0.172. The molecule has 0 amide bonds. The number of nitrogens with zero attached hydrogens (tertiary/aromatic N) is 3. The van der Waals surface area contributed by atoms with Gasteiger partial charge in [-0.25, -0.2) is 4.68 Å². The normalized spacial score (nSPS) is 15.7. The summed E-state index contributed by atoms with van der Waals surface area (Å²) in [5.41, 5.74) is 4.62. The van der Waals surface area contributed by atoms with Crippen molar-refractivity contribution in [2.45, 2.75) is 13.3 Å². The number of nitrogens with one attached hydrogen (secondary N) is 3. The Morgan fingerprint density at radius 1 is 1.37 bits per heavy atom. The van der Waals surface area contributed by atoms with Gasteiger partial charge in [-0.2, -0.15) is 5.10 Å². The lowest BCUT2D eigenvalue weighted by Gasteiger charge is -2.13. The van der Waals surface area contributed by atoms with Crippen LogP contribution in [0.3, 0.4) is 0 Å². The lowest BCUT2D eigenvalue weighted by molar-refractivity contribution is 0.798. The van der Waals surface area contributed by atoms with Gasteiger partial charge in [-0.3, -0.25) is 15.8 Å². The zero-order valence-corrected chi connectivity index (χ0v) is 15.2. The fourth-order valence-electron chi connectivity index (χ4n) is 2.66. The van der Waals surface area contributed by atoms with Crippen molar-refractivity contribution in [2.75, 3.05) is 6.54 Å². The zero-order valence-electron chi connectivity index (χ0n) is 15.2. The average Bonchev–Trinajstić information content (AvgIpc) is 2.68. The van der Waals surface area contributed by atoms with Gasteiger partial charge < -0.3 is 5.32 Å². The molecule has 1 aliphatic rings. The summed E-state index contributed by atoms with van der Waals surface area (Å²) in [6, 6.07) is 7.16. The van der Waals surface area contributed by atoms with E-state index in [0.29, 0.717) is 12.1 Å². The second-order valence-electron chi connectivity index (χ2n) is 6.28. The summed E-state index contributed by atoms with van der Waals surface area (Å²) >= 11 is 0. The molecule has 2 aromatic rings. The predicted octanol–water partition coefficient (Wildman–Crippen LogP) is 3.19. The van der Waals surface area contributed by atoms with E-state index in [1.165, 1.54) is 4.68 Å². The lowest BCUT2D eigenvalue weighted by Crippen LogP contribution is -2.29. The van der Waals surface area contributed by atoms with Crippen LogP contribution in [0.1, 0.15) is 13.3 Å². The molecule has 2 aromatic heterocycles. The maximum atomic E-state index is 8.38. The number of hydrogen-bond acceptors (Lipinski definition) is 5. The van der Waals surface area contributed by atoms with Gasteiger partial charge in [0.2, 0.25) is 0 Å². The standard InChI is InChI=1S/C21H22N6/c1-15(7-8-18-16(2)5-3-12-25-18)13-21(23)27-20(22)10-9-19(26-27)17-6-4-11-24-14-17/h3-11,14,22-23,25H,2,12-13H2,1H3/b15-7+,18-8+,22-20?,23-21?. The molecular formula is C21H22N6. The van der Waals surface area contributed by atoms with E-state index < -0.39 is 0 Å². The third-order valence-corrected chi connectivity index (χ3v) is 4.10. The van der Waals surface area contributed by atoms with Gasteiger partial charge in [0, 0.05) is 36.6 Å². The van der Waals surface area contributed by atoms with Crippen LogP contribution in [0.2, 0.25) is 0 Å². The molecule has 0 atom stereocenters. The molecule has 6 nitrogen and oxygen atoms in total. The molecule has 136 valence electrons. The first-order valence-corrected chi connectivity index (χ1v) is 8.65. The Hall–Kier alpha value is -3.54. The lowest BCUT2D eigenvalue weighted by atomic mass is 10.1. The summed E-state index contributed by atoms with van der Waals surface area (Å²) in [6.45, 7) is 6.75. The molecule has 0 aromatic carbocycles. The topological polar surface area (TPSA) is 90.4 Å². The Balaban J connectivity index is 1.79. The molecule has 3 rings (SSSR count). The van der Waals surface area contributed by atoms with Gasteiger partial charge in [-0.1, -0.05) is 30.4 Å². The first-order valence-electron chi connectivity index (χ1n) is 8.65. The molecule has 3 N–H and O–H groups in total. The van der Waals surface area contributed by atoms with Gasteiger partial charge in [-0.05, 0) is 42.8 Å². The molecule has 0 bridgehead atoms. The van der Waals surface area contributed by atoms with Gasteiger partial charge in [0.25, 0.3) is 0 Å². The van der Waals surface area contributed by atoms with Crippen molar-refractivity contribution in [3.63, 3.8) is 0 Å². The van der Waals surface area contributed by atoms with E-state index in [1.807, 2.05) is 43.4 Å². The zero-order chi connectivity index (χ0) is 19.2. The monoisotopic (exact) mass is 358 g/mol. The molecule has 0 saturated carbocycles. The van der Waals surface area contributed by atoms with Crippen LogP contribution in [0.15, 0.2) is 84.4 Å². The molecule has 27 heavy (non-hydrogen) atoms. The van der Waals surface area contributed by atoms with Gasteiger partial charge in [0.05, 0.1) is 5.69 Å². The summed E-state index contributed by atoms with van der Waals surface area (Å²) < 4.78 is 1.35. The molecule has 0 unspecified atom stereocenters. The van der Waals surface area contributed by atoms with Gasteiger partial charge in [-0.15, -0.1) is 0 Å². The first kappa shape index (κ1) is 18.3. The second-order valence-corrected chi connectivity index (χ2v) is 6.28. The maximum absolute atomic E-state index is 8.38. The van der Waals surface area contributed by atoms with Crippen LogP contribution >= 0.6 is 0 Å². The number of hydrogen-bond donors (Lipinski definition) is 3. The highest BCUT2D eigenvalue weighted by Crippen LogP contribution is 2.14. The summed E-state index contributed by atoms with van der Waals surface area (Å²) in [5.74, 6) is 0.244. The molecule has 6 heteroatoms. The van der Waals surface area contributed by atoms with E-state index in [9.17, 15) is 0 Å². The minimum Gasteiger partial charge on any atom is -0.381 e. The van der Waals surface area contributed by atoms with Crippen molar-refractivity contribution >= 4 is 5.84 Å². The molecule has 0 radical (unpaired) electrons. The Morgan fingerprint density at radius 3 is 2.96 bits per heavy atom. The van der Waals surface area contributed by atoms with Crippen LogP contribution < -0.4 is 10.8 Å². The van der Waals surface area contributed by atoms with Crippen LogP contribution in [0.25, 0.3) is 11.3 Å². The summed E-state index contributed by atoms with van der Waals surface area (Å²) in [6.07, 6.45) is 11.8. The smallest absolute Gasteiger partial charge is 0.148 e. The highest BCUT2D eigenvalue weighted by Gasteiger charge is 2.07. The van der Waals surface area contributed by atoms with Crippen molar-refractivity contribution < 1.29 is 0 Å². The fourth-order valence-corrected chi connectivity index (χ4v) is 2.66. The summed E-state index contributed by atoms with van der Waals surface area (Å²) in [5, 5.41) is 24.2. The van der Waals surface area contributed by atoms with Crippen LogP contribution in [0.5, 0.6) is 0 Å². The van der Waals surface area contributed by atoms with Crippen LogP contribution in [-0.2, 0) is 0 Å². The summed E-state index contributed by atoms with van der Waals surface area (Å²) in [7, 11) is 0. The SMILES string of the molecule is C=C1C=CCN/C1=C/C=C(\C)CC(=N)n1nc(-c2cccnc2)ccc1=N. The van der Waals surface area contributed by atoms with E-state index in [2.05, 4.69) is 22.0 Å². The third kappa shape index (κ3) is 4.55. The Morgan fingerprint density at radius 2 is 2.22 bits per heavy atom. The van der Waals surface area contributed by atoms with Crippen molar-refractivity contribution in [2.24, 2.45) is 0 Å². The van der Waals surface area contributed by atoms with Crippen LogP contribution in [0.4, 0.5) is 0 Å². The van der Waals surface area contributed by atoms with E-state index >= 15 is 0 Å². The number of pyridine rings is 1. The van der Waals surface area contributed by atoms with Crippen molar-refractivity contribution in [3.05, 3.63) is 89.9 Å². The molecule has 0 aliphatic carbocycles. The number of aromatic nitrogens is 3. The van der Waals surface area contributed by atoms with E-state index in [4.69, 9.17) is 10.8 Å². The van der Waals surface area contributed by atoms with E-state index in [1.54, 1.807) is 24.5 Å². The van der Waals surface area contributed by atoms with E-state index in [-0.39, 0.29) is 11.3 Å². The van der Waals surface area contributed by atoms with Crippen molar-refractivity contribution in [1.29, 1.82) is 10.8 Å². The highest BCUT2D eigenvalue weighted by molar-refractivity contribution is 5.83. The largest absolute Gasteiger partial charge is 0.381 e. The minimum atomic E-state index is 0.172. The van der Waals surface area contributed by atoms with Crippen molar-refractivity contribution in [1.82, 2.24) is 20.1 Å². The Bertz CT molecular complexity index is 1010. The first-order chi connectivity index (χ1) is 13.0. The highest BCUT2D eigenvalue weighted by atomic mass is 15.3. The van der Waals surface area contributed by atoms with Gasteiger partial charge >= 0.3 is 0 Å². The fraction of sp³-hybridized carbons (Fsp3) is 0.143. The number of rotatable bonds is 4. The quantitative estimate of drug-likeness (QED) is 0.579. The van der Waals surface area contributed by atoms with Crippen molar-refractivity contribution in [3.8, 4) is 11.3 Å².